The van der Waals surface area contributed by atoms with E-state index in [1.54, 1.807) is 0 Å². The van der Waals surface area contributed by atoms with Crippen molar-refractivity contribution in [2.45, 2.75) is 72.1 Å². The molecule has 2 aliphatic heterocycles. The summed E-state index contributed by atoms with van der Waals surface area (Å²) in [4.78, 5) is 12.4. The van der Waals surface area contributed by atoms with Crippen molar-refractivity contribution in [2.24, 2.45) is 28.6 Å². The summed E-state index contributed by atoms with van der Waals surface area (Å²) in [6, 6.07) is 0. The second-order valence-corrected chi connectivity index (χ2v) is 9.85. The second-order valence-electron chi connectivity index (χ2n) is 9.85. The van der Waals surface area contributed by atoms with Gasteiger partial charge in [0.15, 0.2) is 5.79 Å². The van der Waals surface area contributed by atoms with Gasteiger partial charge in [0, 0.05) is 5.41 Å². The Balaban J connectivity index is 1.27. The highest BCUT2D eigenvalue weighted by Gasteiger charge is 2.63. The van der Waals surface area contributed by atoms with E-state index < -0.39 is 18.0 Å². The van der Waals surface area contributed by atoms with Crippen molar-refractivity contribution in [3.8, 4) is 0 Å². The van der Waals surface area contributed by atoms with Crippen LogP contribution < -0.4 is 0 Å². The monoisotopic (exact) mass is 382 g/mol. The Hall–Kier alpha value is -0.690. The van der Waals surface area contributed by atoms with E-state index in [9.17, 15) is 4.79 Å². The summed E-state index contributed by atoms with van der Waals surface area (Å²) in [5, 5.41) is 0. The quantitative estimate of drug-likeness (QED) is 0.696. The lowest BCUT2D eigenvalue weighted by atomic mass is 9.59. The molecule has 6 nitrogen and oxygen atoms in total. The fraction of sp³-hybridized carbons (Fsp3) is 0.952. The summed E-state index contributed by atoms with van der Waals surface area (Å²) < 4.78 is 28.5. The number of hydrogen-bond donors (Lipinski definition) is 0. The zero-order valence-electron chi connectivity index (χ0n) is 17.3. The Bertz CT molecular complexity index is 581. The van der Waals surface area contributed by atoms with Crippen LogP contribution in [0.2, 0.25) is 0 Å². The second kappa shape index (κ2) is 6.68. The maximum Gasteiger partial charge on any atom is 0.363 e. The third kappa shape index (κ3) is 3.22. The van der Waals surface area contributed by atoms with Crippen molar-refractivity contribution in [1.82, 2.24) is 0 Å². The molecule has 27 heavy (non-hydrogen) atoms. The van der Waals surface area contributed by atoms with Crippen LogP contribution >= 0.6 is 0 Å². The lowest BCUT2D eigenvalue weighted by molar-refractivity contribution is -0.256. The maximum absolute atomic E-state index is 12.4. The molecule has 2 heterocycles. The number of esters is 1. The van der Waals surface area contributed by atoms with E-state index in [0.29, 0.717) is 31.2 Å². The van der Waals surface area contributed by atoms with Crippen molar-refractivity contribution in [3.63, 3.8) is 0 Å². The van der Waals surface area contributed by atoms with Crippen molar-refractivity contribution >= 4 is 5.97 Å². The van der Waals surface area contributed by atoms with Gasteiger partial charge < -0.3 is 23.7 Å². The Morgan fingerprint density at radius 2 is 1.89 bits per heavy atom. The Morgan fingerprint density at radius 1 is 1.19 bits per heavy atom. The fourth-order valence-corrected chi connectivity index (χ4v) is 5.93. The van der Waals surface area contributed by atoms with Crippen molar-refractivity contribution < 1.29 is 28.5 Å². The first-order valence-electron chi connectivity index (χ1n) is 10.4. The molecule has 0 aromatic carbocycles. The van der Waals surface area contributed by atoms with Gasteiger partial charge in [0.25, 0.3) is 6.29 Å². The summed E-state index contributed by atoms with van der Waals surface area (Å²) in [6.45, 7) is 12.8. The third-order valence-corrected chi connectivity index (χ3v) is 8.01. The molecule has 154 valence electrons. The number of ether oxygens (including phenoxy) is 5. The van der Waals surface area contributed by atoms with Crippen LogP contribution in [0.15, 0.2) is 0 Å². The minimum atomic E-state index is -0.921. The SMILES string of the molecule is CCC1(C)OCC(COC(=O)C2OCC3(CO2)CC2CC3C(C)(C)C2C)O1. The molecule has 6 heteroatoms. The molecule has 2 aliphatic carbocycles. The van der Waals surface area contributed by atoms with Crippen LogP contribution in [0.4, 0.5) is 0 Å². The van der Waals surface area contributed by atoms with E-state index in [1.165, 1.54) is 6.42 Å². The first-order valence-corrected chi connectivity index (χ1v) is 10.4. The molecule has 0 amide bonds. The summed E-state index contributed by atoms with van der Waals surface area (Å²) in [7, 11) is 0. The summed E-state index contributed by atoms with van der Waals surface area (Å²) in [6.07, 6.45) is 2.00. The average molecular weight is 382 g/mol. The normalized spacial score (nSPS) is 48.3. The molecule has 2 saturated heterocycles. The predicted octanol–water partition coefficient (Wildman–Crippen LogP) is 3.13. The molecule has 4 rings (SSSR count). The Labute approximate surface area is 162 Å². The zero-order chi connectivity index (χ0) is 19.4. The molecule has 0 aromatic rings. The van der Waals surface area contributed by atoms with E-state index in [0.717, 1.165) is 24.7 Å². The lowest BCUT2D eigenvalue weighted by Crippen LogP contribution is -2.52. The average Bonchev–Trinajstić information content (AvgIpc) is 3.27. The van der Waals surface area contributed by atoms with Gasteiger partial charge in [0.05, 0.1) is 19.8 Å². The number of hydrogen-bond acceptors (Lipinski definition) is 6. The van der Waals surface area contributed by atoms with Gasteiger partial charge in [-0.3, -0.25) is 0 Å². The van der Waals surface area contributed by atoms with E-state index in [4.69, 9.17) is 23.7 Å². The lowest BCUT2D eigenvalue weighted by Gasteiger charge is -2.50. The molecule has 0 aromatic heterocycles. The van der Waals surface area contributed by atoms with Gasteiger partial charge in [-0.05, 0) is 49.4 Å². The number of rotatable bonds is 4. The highest BCUT2D eigenvalue weighted by molar-refractivity contribution is 5.73. The van der Waals surface area contributed by atoms with Gasteiger partial charge in [0.1, 0.15) is 12.7 Å². The van der Waals surface area contributed by atoms with Crippen LogP contribution in [0.5, 0.6) is 0 Å². The predicted molar refractivity (Wildman–Crippen MR) is 97.8 cm³/mol. The molecular formula is C21H34O6. The van der Waals surface area contributed by atoms with Crippen molar-refractivity contribution in [2.75, 3.05) is 26.4 Å². The van der Waals surface area contributed by atoms with Crippen LogP contribution in [0.1, 0.15) is 53.9 Å². The van der Waals surface area contributed by atoms with Gasteiger partial charge >= 0.3 is 5.97 Å². The smallest absolute Gasteiger partial charge is 0.363 e. The van der Waals surface area contributed by atoms with Gasteiger partial charge in [-0.2, -0.15) is 0 Å². The molecule has 2 bridgehead atoms. The molecule has 4 fully saturated rings. The minimum Gasteiger partial charge on any atom is -0.459 e. The highest BCUT2D eigenvalue weighted by Crippen LogP contribution is 2.67. The van der Waals surface area contributed by atoms with Crippen LogP contribution in [0.3, 0.4) is 0 Å². The summed E-state index contributed by atoms with van der Waals surface area (Å²) in [5.74, 6) is 1.03. The van der Waals surface area contributed by atoms with Crippen LogP contribution in [0.25, 0.3) is 0 Å². The summed E-state index contributed by atoms with van der Waals surface area (Å²) in [5.41, 5.74) is 0.359. The van der Waals surface area contributed by atoms with Crippen LogP contribution in [-0.4, -0.2) is 50.6 Å². The zero-order valence-corrected chi connectivity index (χ0v) is 17.3. The minimum absolute atomic E-state index is 0.0583. The largest absolute Gasteiger partial charge is 0.459 e. The van der Waals surface area contributed by atoms with Gasteiger partial charge in [-0.1, -0.05) is 27.7 Å². The molecular weight excluding hydrogens is 348 g/mol. The fourth-order valence-electron chi connectivity index (χ4n) is 5.93. The summed E-state index contributed by atoms with van der Waals surface area (Å²) >= 11 is 0. The van der Waals surface area contributed by atoms with Crippen molar-refractivity contribution in [3.05, 3.63) is 0 Å². The number of fused-ring (bicyclic) bond motifs is 3. The standard InChI is InChI=1S/C21H34O6/c1-6-20(5)26-10-15(27-20)9-23-17(22)18-24-11-21(12-25-18)8-14-7-16(21)19(3,4)13(14)2/h13-16,18H,6-12H2,1-5H3. The number of carbonyl (C=O) groups excluding carboxylic acids is 1. The molecule has 2 saturated carbocycles. The van der Waals surface area contributed by atoms with E-state index in [2.05, 4.69) is 20.8 Å². The highest BCUT2D eigenvalue weighted by atomic mass is 16.8. The molecule has 4 aliphatic rings. The first-order chi connectivity index (χ1) is 12.7. The van der Waals surface area contributed by atoms with Gasteiger partial charge in [-0.15, -0.1) is 0 Å². The molecule has 0 radical (unpaired) electrons. The first kappa shape index (κ1) is 19.6. The van der Waals surface area contributed by atoms with E-state index in [-0.39, 0.29) is 18.1 Å². The molecule has 5 unspecified atom stereocenters. The van der Waals surface area contributed by atoms with Crippen molar-refractivity contribution in [1.29, 1.82) is 0 Å². The maximum atomic E-state index is 12.4. The Morgan fingerprint density at radius 3 is 2.44 bits per heavy atom. The van der Waals surface area contributed by atoms with E-state index in [1.807, 2.05) is 13.8 Å². The third-order valence-electron chi connectivity index (χ3n) is 8.01. The Kier molecular flexibility index (Phi) is 4.86. The van der Waals surface area contributed by atoms with Crippen LogP contribution in [-0.2, 0) is 28.5 Å². The number of carbonyl (C=O) groups is 1. The topological polar surface area (TPSA) is 63.2 Å². The van der Waals surface area contributed by atoms with Gasteiger partial charge in [-0.25, -0.2) is 4.79 Å². The van der Waals surface area contributed by atoms with Gasteiger partial charge in [0.2, 0.25) is 0 Å². The molecule has 5 atom stereocenters. The van der Waals surface area contributed by atoms with E-state index >= 15 is 0 Å². The molecule has 0 N–H and O–H groups in total. The van der Waals surface area contributed by atoms with Crippen LogP contribution in [0, 0.1) is 28.6 Å². The molecule has 1 spiro atoms.